The Balaban J connectivity index is 1.19. The lowest BCUT2D eigenvalue weighted by Crippen LogP contribution is -2.31. The largest absolute Gasteiger partial charge is 0.382 e. The molecule has 1 unspecified atom stereocenters. The molecule has 0 aliphatic heterocycles. The number of fused-ring (bicyclic) bond motifs is 1. The van der Waals surface area contributed by atoms with Gasteiger partial charge in [-0.2, -0.15) is 9.97 Å². The van der Waals surface area contributed by atoms with Crippen molar-refractivity contribution in [1.29, 1.82) is 0 Å². The number of benzene rings is 1. The van der Waals surface area contributed by atoms with E-state index >= 15 is 0 Å². The van der Waals surface area contributed by atoms with Gasteiger partial charge in [0, 0.05) is 25.5 Å². The van der Waals surface area contributed by atoms with Crippen LogP contribution in [0.5, 0.6) is 0 Å². The van der Waals surface area contributed by atoms with Crippen LogP contribution in [0.3, 0.4) is 0 Å². The van der Waals surface area contributed by atoms with Gasteiger partial charge in [-0.25, -0.2) is 4.98 Å². The summed E-state index contributed by atoms with van der Waals surface area (Å²) < 4.78 is 7.35. The van der Waals surface area contributed by atoms with Crippen LogP contribution in [0.4, 0.5) is 5.82 Å². The summed E-state index contributed by atoms with van der Waals surface area (Å²) in [5, 5.41) is 13.2. The fraction of sp³-hybridized carbons (Fsp3) is 0.273. The summed E-state index contributed by atoms with van der Waals surface area (Å²) in [6.45, 7) is 1.58. The van der Waals surface area contributed by atoms with Crippen molar-refractivity contribution in [3.8, 4) is 11.1 Å². The lowest BCUT2D eigenvalue weighted by atomic mass is 10.0. The van der Waals surface area contributed by atoms with Crippen molar-refractivity contribution in [3.63, 3.8) is 0 Å². The average Bonchev–Trinajstić information content (AvgIpc) is 3.21. The number of aliphatic hydroxyl groups excluding tert-OH is 1. The molecule has 0 amide bonds. The summed E-state index contributed by atoms with van der Waals surface area (Å²) in [5.74, 6) is 0.266. The van der Waals surface area contributed by atoms with E-state index in [0.717, 1.165) is 29.5 Å². The molecule has 3 heterocycles. The molecule has 166 valence electrons. The highest BCUT2D eigenvalue weighted by molar-refractivity contribution is 6.28. The van der Waals surface area contributed by atoms with Gasteiger partial charge in [0.05, 0.1) is 12.9 Å². The maximum Gasteiger partial charge on any atom is 0.226 e. The second kappa shape index (κ2) is 10.5. The lowest BCUT2D eigenvalue weighted by molar-refractivity contribution is -0.122. The summed E-state index contributed by atoms with van der Waals surface area (Å²) in [4.78, 5) is 16.4. The number of ether oxygens (including phenoxy) is 1. The van der Waals surface area contributed by atoms with Gasteiger partial charge < -0.3 is 20.1 Å². The number of hydrogen-bond donors (Lipinski definition) is 3. The van der Waals surface area contributed by atoms with Crippen molar-refractivity contribution in [1.82, 2.24) is 29.8 Å². The lowest BCUT2D eigenvalue weighted by Gasteiger charge is -2.14. The summed E-state index contributed by atoms with van der Waals surface area (Å²) in [6, 6.07) is 12.0. The number of imidazole rings is 1. The second-order valence-electron chi connectivity index (χ2n) is 7.24. The second-order valence-corrected chi connectivity index (χ2v) is 7.57. The molecule has 0 bridgehead atoms. The first-order valence-corrected chi connectivity index (χ1v) is 10.6. The molecule has 9 nitrogen and oxygen atoms in total. The molecule has 0 radical (unpaired) electrons. The number of rotatable bonds is 10. The molecule has 1 atom stereocenters. The van der Waals surface area contributed by atoms with Gasteiger partial charge in [0.1, 0.15) is 5.52 Å². The predicted octanol–water partition coefficient (Wildman–Crippen LogP) is 2.99. The fourth-order valence-electron chi connectivity index (χ4n) is 3.35. The third-order valence-corrected chi connectivity index (χ3v) is 5.12. The predicted molar refractivity (Wildman–Crippen MR) is 122 cm³/mol. The van der Waals surface area contributed by atoms with Gasteiger partial charge >= 0.3 is 0 Å². The van der Waals surface area contributed by atoms with Crippen molar-refractivity contribution >= 4 is 28.6 Å². The molecule has 0 fully saturated rings. The minimum atomic E-state index is -1.04. The highest BCUT2D eigenvalue weighted by atomic mass is 35.5. The van der Waals surface area contributed by atoms with Gasteiger partial charge in [-0.15, -0.1) is 0 Å². The molecule has 4 N–H and O–H groups in total. The maximum atomic E-state index is 10.1. The van der Waals surface area contributed by atoms with Crippen LogP contribution in [0.15, 0.2) is 55.1 Å². The quantitative estimate of drug-likeness (QED) is 0.190. The number of pyridine rings is 1. The summed E-state index contributed by atoms with van der Waals surface area (Å²) in [6.07, 6.45) is 5.73. The third-order valence-electron chi connectivity index (χ3n) is 4.95. The molecule has 0 spiro atoms. The highest BCUT2D eigenvalue weighted by Crippen LogP contribution is 2.20. The van der Waals surface area contributed by atoms with Crippen LogP contribution in [-0.2, 0) is 17.8 Å². The van der Waals surface area contributed by atoms with E-state index < -0.39 is 6.41 Å². The third kappa shape index (κ3) is 5.57. The number of nitrogens with two attached hydrogens (primary N) is 1. The van der Waals surface area contributed by atoms with Crippen LogP contribution in [0.1, 0.15) is 18.4 Å². The van der Waals surface area contributed by atoms with Crippen LogP contribution in [-0.4, -0.2) is 42.6 Å². The number of aromatic nitrogens is 5. The number of hydrogen-bond acceptors (Lipinski definition) is 8. The van der Waals surface area contributed by atoms with Gasteiger partial charge in [-0.05, 0) is 59.3 Å². The molecular weight excluding hydrogens is 430 g/mol. The summed E-state index contributed by atoms with van der Waals surface area (Å²) >= 11 is 5.88. The molecule has 32 heavy (non-hydrogen) atoms. The first-order chi connectivity index (χ1) is 15.6. The molecule has 0 saturated carbocycles. The normalized spacial score (nSPS) is 12.3. The molecule has 4 aromatic rings. The number of nitrogen functional groups attached to an aromatic ring is 1. The molecule has 0 saturated heterocycles. The number of nitrogens with one attached hydrogen (secondary N) is 1. The van der Waals surface area contributed by atoms with E-state index in [0.29, 0.717) is 30.9 Å². The number of anilines is 1. The first-order valence-electron chi connectivity index (χ1n) is 10.3. The smallest absolute Gasteiger partial charge is 0.226 e. The van der Waals surface area contributed by atoms with Gasteiger partial charge in [0.25, 0.3) is 0 Å². The van der Waals surface area contributed by atoms with Crippen LogP contribution in [0, 0.1) is 0 Å². The monoisotopic (exact) mass is 453 g/mol. The molecular formula is C22H24ClN7O2. The first kappa shape index (κ1) is 22.1. The molecule has 3 aromatic heterocycles. The standard InChI is InChI=1S/C22H24ClN7O2/c23-21-28-19(24)18-20(29-21)30(14-27-18)10-1-2-11-32-22(31)26-13-15-4-3-5-17(12-15)16-6-8-25-9-7-16/h3-9,12,14,22,26,31H,1-2,10-11,13H2,(H2,24,28,29). The fourth-order valence-corrected chi connectivity index (χ4v) is 3.52. The zero-order chi connectivity index (χ0) is 22.3. The van der Waals surface area contributed by atoms with Crippen LogP contribution < -0.4 is 11.1 Å². The SMILES string of the molecule is Nc1nc(Cl)nc2c1ncn2CCCCOC(O)NCc1cccc(-c2ccncc2)c1. The molecule has 4 rings (SSSR count). The zero-order valence-corrected chi connectivity index (χ0v) is 18.1. The van der Waals surface area contributed by atoms with E-state index in [-0.39, 0.29) is 11.1 Å². The Morgan fingerprint density at radius 3 is 2.81 bits per heavy atom. The minimum Gasteiger partial charge on any atom is -0.382 e. The number of halogens is 1. The number of nitrogens with zero attached hydrogens (tertiary/aromatic N) is 5. The average molecular weight is 454 g/mol. The Hall–Kier alpha value is -3.11. The zero-order valence-electron chi connectivity index (χ0n) is 17.4. The van der Waals surface area contributed by atoms with Crippen molar-refractivity contribution in [2.45, 2.75) is 32.3 Å². The molecule has 0 aliphatic rings. The van der Waals surface area contributed by atoms with Crippen molar-refractivity contribution in [2.24, 2.45) is 0 Å². The Morgan fingerprint density at radius 1 is 1.12 bits per heavy atom. The Kier molecular flexibility index (Phi) is 7.23. The Morgan fingerprint density at radius 2 is 1.97 bits per heavy atom. The minimum absolute atomic E-state index is 0.0978. The van der Waals surface area contributed by atoms with E-state index in [1.165, 1.54) is 0 Å². The van der Waals surface area contributed by atoms with E-state index in [9.17, 15) is 5.11 Å². The molecule has 1 aromatic carbocycles. The highest BCUT2D eigenvalue weighted by Gasteiger charge is 2.10. The van der Waals surface area contributed by atoms with Gasteiger partial charge in [0.2, 0.25) is 11.7 Å². The van der Waals surface area contributed by atoms with Crippen LogP contribution in [0.25, 0.3) is 22.3 Å². The van der Waals surface area contributed by atoms with E-state index in [1.54, 1.807) is 18.7 Å². The maximum absolute atomic E-state index is 10.1. The van der Waals surface area contributed by atoms with Crippen molar-refractivity contribution < 1.29 is 9.84 Å². The van der Waals surface area contributed by atoms with E-state index in [2.05, 4.69) is 31.3 Å². The van der Waals surface area contributed by atoms with Crippen molar-refractivity contribution in [2.75, 3.05) is 12.3 Å². The topological polar surface area (TPSA) is 124 Å². The molecule has 10 heteroatoms. The number of aliphatic hydroxyl groups is 1. The van der Waals surface area contributed by atoms with Crippen molar-refractivity contribution in [3.05, 3.63) is 66.0 Å². The van der Waals surface area contributed by atoms with E-state index in [1.807, 2.05) is 34.9 Å². The van der Waals surface area contributed by atoms with Gasteiger partial charge in [-0.1, -0.05) is 18.2 Å². The molecule has 0 aliphatic carbocycles. The Bertz CT molecular complexity index is 1170. The van der Waals surface area contributed by atoms with Crippen LogP contribution in [0.2, 0.25) is 5.28 Å². The van der Waals surface area contributed by atoms with Gasteiger partial charge in [-0.3, -0.25) is 10.3 Å². The number of aryl methyl sites for hydroxylation is 1. The summed E-state index contributed by atoms with van der Waals surface area (Å²) in [5.41, 5.74) is 10.2. The number of unbranched alkanes of at least 4 members (excludes halogenated alkanes) is 1. The van der Waals surface area contributed by atoms with E-state index in [4.69, 9.17) is 22.1 Å². The summed E-state index contributed by atoms with van der Waals surface area (Å²) in [7, 11) is 0. The Labute approximate surface area is 190 Å². The van der Waals surface area contributed by atoms with Gasteiger partial charge in [0.15, 0.2) is 11.5 Å². The van der Waals surface area contributed by atoms with Crippen LogP contribution >= 0.6 is 11.6 Å².